The van der Waals surface area contributed by atoms with E-state index in [-0.39, 0.29) is 11.8 Å². The molecule has 156 valence electrons. The molecule has 0 saturated heterocycles. The normalized spacial score (nSPS) is 14.0. The summed E-state index contributed by atoms with van der Waals surface area (Å²) in [5.74, 6) is -0.290. The number of carbonyl (C=O) groups excluding carboxylic acids is 2. The van der Waals surface area contributed by atoms with Crippen molar-refractivity contribution in [3.05, 3.63) is 101 Å². The van der Waals surface area contributed by atoms with Crippen LogP contribution >= 0.6 is 0 Å². The van der Waals surface area contributed by atoms with Crippen molar-refractivity contribution >= 4 is 28.8 Å². The quantitative estimate of drug-likeness (QED) is 0.539. The van der Waals surface area contributed by atoms with E-state index in [9.17, 15) is 9.59 Å². The lowest BCUT2D eigenvalue weighted by molar-refractivity contribution is -0.120. The second-order valence-corrected chi connectivity index (χ2v) is 8.23. The van der Waals surface area contributed by atoms with E-state index in [1.165, 1.54) is 4.90 Å². The van der Waals surface area contributed by atoms with Crippen molar-refractivity contribution in [2.45, 2.75) is 33.6 Å². The number of anilines is 2. The van der Waals surface area contributed by atoms with Crippen LogP contribution in [0.2, 0.25) is 0 Å². The summed E-state index contributed by atoms with van der Waals surface area (Å²) in [5, 5.41) is 3.20. The Labute approximate surface area is 183 Å². The first-order valence-corrected chi connectivity index (χ1v) is 10.5. The van der Waals surface area contributed by atoms with E-state index in [0.717, 1.165) is 27.9 Å². The SMILES string of the molecule is Cc1ccc(C2=C(Nc3ccccc3)C(=O)N(c3ccc(C(C)C)cc3)C2=O)cc1C. The second kappa shape index (κ2) is 8.23. The van der Waals surface area contributed by atoms with E-state index in [1.54, 1.807) is 0 Å². The molecular formula is C27H26N2O2. The Morgan fingerprint density at radius 1 is 0.774 bits per heavy atom. The van der Waals surface area contributed by atoms with Crippen LogP contribution in [0.5, 0.6) is 0 Å². The van der Waals surface area contributed by atoms with Gasteiger partial charge in [0.25, 0.3) is 11.8 Å². The largest absolute Gasteiger partial charge is 0.350 e. The standard InChI is InChI=1S/C27H26N2O2/c1-17(2)20-12-14-23(15-13-20)29-26(30)24(21-11-10-18(3)19(4)16-21)25(27(29)31)28-22-8-6-5-7-9-22/h5-17,28H,1-4H3. The first-order chi connectivity index (χ1) is 14.9. The smallest absolute Gasteiger partial charge is 0.282 e. The molecule has 1 aliphatic heterocycles. The molecule has 0 bridgehead atoms. The van der Waals surface area contributed by atoms with Gasteiger partial charge in [-0.05, 0) is 66.3 Å². The fraction of sp³-hybridized carbons (Fsp3) is 0.185. The highest BCUT2D eigenvalue weighted by molar-refractivity contribution is 6.46. The maximum atomic E-state index is 13.5. The summed E-state index contributed by atoms with van der Waals surface area (Å²) in [5.41, 5.74) is 6.14. The van der Waals surface area contributed by atoms with Crippen LogP contribution in [0.15, 0.2) is 78.5 Å². The highest BCUT2D eigenvalue weighted by atomic mass is 16.2. The zero-order valence-corrected chi connectivity index (χ0v) is 18.3. The summed E-state index contributed by atoms with van der Waals surface area (Å²) >= 11 is 0. The number of imide groups is 1. The maximum Gasteiger partial charge on any atom is 0.282 e. The van der Waals surface area contributed by atoms with Gasteiger partial charge in [0.05, 0.1) is 11.3 Å². The molecule has 1 aliphatic rings. The Balaban J connectivity index is 1.80. The highest BCUT2D eigenvalue weighted by Gasteiger charge is 2.40. The lowest BCUT2D eigenvalue weighted by Gasteiger charge is -2.16. The van der Waals surface area contributed by atoms with Gasteiger partial charge in [-0.25, -0.2) is 4.90 Å². The zero-order valence-electron chi connectivity index (χ0n) is 18.3. The summed E-state index contributed by atoms with van der Waals surface area (Å²) in [6, 6.07) is 22.9. The summed E-state index contributed by atoms with van der Waals surface area (Å²) in [6.45, 7) is 8.26. The molecule has 3 aromatic rings. The van der Waals surface area contributed by atoms with Crippen LogP contribution in [-0.4, -0.2) is 11.8 Å². The van der Waals surface area contributed by atoms with E-state index in [4.69, 9.17) is 0 Å². The molecule has 1 heterocycles. The van der Waals surface area contributed by atoms with Gasteiger partial charge in [-0.1, -0.05) is 62.4 Å². The molecule has 4 heteroatoms. The number of hydrogen-bond acceptors (Lipinski definition) is 3. The Morgan fingerprint density at radius 2 is 1.45 bits per heavy atom. The number of hydrogen-bond donors (Lipinski definition) is 1. The summed E-state index contributed by atoms with van der Waals surface area (Å²) in [7, 11) is 0. The fourth-order valence-electron chi connectivity index (χ4n) is 3.72. The molecule has 31 heavy (non-hydrogen) atoms. The molecule has 2 amide bonds. The minimum absolute atomic E-state index is 0.299. The van der Waals surface area contributed by atoms with Gasteiger partial charge in [0.1, 0.15) is 5.70 Å². The number of amides is 2. The van der Waals surface area contributed by atoms with Gasteiger partial charge in [0.15, 0.2) is 0 Å². The lowest BCUT2D eigenvalue weighted by Crippen LogP contribution is -2.32. The van der Waals surface area contributed by atoms with Gasteiger partial charge in [-0.15, -0.1) is 0 Å². The van der Waals surface area contributed by atoms with Crippen LogP contribution in [0.25, 0.3) is 5.57 Å². The molecule has 4 nitrogen and oxygen atoms in total. The van der Waals surface area contributed by atoms with Crippen molar-refractivity contribution < 1.29 is 9.59 Å². The molecule has 0 fully saturated rings. The van der Waals surface area contributed by atoms with Crippen LogP contribution in [0.1, 0.15) is 42.0 Å². The molecule has 4 rings (SSSR count). The van der Waals surface area contributed by atoms with E-state index >= 15 is 0 Å². The molecule has 0 radical (unpaired) electrons. The molecule has 0 saturated carbocycles. The van der Waals surface area contributed by atoms with Crippen LogP contribution in [-0.2, 0) is 9.59 Å². The van der Waals surface area contributed by atoms with Crippen molar-refractivity contribution in [1.29, 1.82) is 0 Å². The third kappa shape index (κ3) is 3.89. The molecular weight excluding hydrogens is 384 g/mol. The van der Waals surface area contributed by atoms with Gasteiger partial charge in [0.2, 0.25) is 0 Å². The van der Waals surface area contributed by atoms with Gasteiger partial charge < -0.3 is 5.32 Å². The predicted molar refractivity (Wildman–Crippen MR) is 126 cm³/mol. The van der Waals surface area contributed by atoms with Crippen LogP contribution in [0.4, 0.5) is 11.4 Å². The Morgan fingerprint density at radius 3 is 2.06 bits per heavy atom. The average molecular weight is 411 g/mol. The number of nitrogens with one attached hydrogen (secondary N) is 1. The van der Waals surface area contributed by atoms with Crippen molar-refractivity contribution in [1.82, 2.24) is 0 Å². The van der Waals surface area contributed by atoms with Crippen LogP contribution in [0, 0.1) is 13.8 Å². The zero-order chi connectivity index (χ0) is 22.1. The van der Waals surface area contributed by atoms with E-state index < -0.39 is 0 Å². The minimum Gasteiger partial charge on any atom is -0.350 e. The van der Waals surface area contributed by atoms with Crippen molar-refractivity contribution in [2.24, 2.45) is 0 Å². The Kier molecular flexibility index (Phi) is 5.47. The first kappa shape index (κ1) is 20.6. The maximum absolute atomic E-state index is 13.5. The Hall–Kier alpha value is -3.66. The molecule has 0 aromatic heterocycles. The van der Waals surface area contributed by atoms with E-state index in [1.807, 2.05) is 86.6 Å². The van der Waals surface area contributed by atoms with E-state index in [0.29, 0.717) is 22.9 Å². The molecule has 0 atom stereocenters. The van der Waals surface area contributed by atoms with Gasteiger partial charge in [-0.3, -0.25) is 9.59 Å². The van der Waals surface area contributed by atoms with Gasteiger partial charge in [0, 0.05) is 5.69 Å². The summed E-state index contributed by atoms with van der Waals surface area (Å²) in [4.78, 5) is 28.3. The fourth-order valence-corrected chi connectivity index (χ4v) is 3.72. The number of para-hydroxylation sites is 1. The van der Waals surface area contributed by atoms with Gasteiger partial charge in [-0.2, -0.15) is 0 Å². The van der Waals surface area contributed by atoms with Crippen molar-refractivity contribution in [3.63, 3.8) is 0 Å². The number of rotatable bonds is 5. The second-order valence-electron chi connectivity index (χ2n) is 8.23. The lowest BCUT2D eigenvalue weighted by atomic mass is 9.99. The third-order valence-corrected chi connectivity index (χ3v) is 5.74. The number of aryl methyl sites for hydroxylation is 2. The topological polar surface area (TPSA) is 49.4 Å². The molecule has 3 aromatic carbocycles. The van der Waals surface area contributed by atoms with Crippen LogP contribution < -0.4 is 10.2 Å². The van der Waals surface area contributed by atoms with Gasteiger partial charge >= 0.3 is 0 Å². The van der Waals surface area contributed by atoms with E-state index in [2.05, 4.69) is 19.2 Å². The first-order valence-electron chi connectivity index (χ1n) is 10.5. The summed E-state index contributed by atoms with van der Waals surface area (Å²) in [6.07, 6.45) is 0. The third-order valence-electron chi connectivity index (χ3n) is 5.74. The average Bonchev–Trinajstić information content (AvgIpc) is 3.00. The minimum atomic E-state index is -0.348. The molecule has 0 spiro atoms. The van der Waals surface area contributed by atoms with Crippen molar-refractivity contribution in [2.75, 3.05) is 10.2 Å². The van der Waals surface area contributed by atoms with Crippen LogP contribution in [0.3, 0.4) is 0 Å². The molecule has 0 aliphatic carbocycles. The summed E-state index contributed by atoms with van der Waals surface area (Å²) < 4.78 is 0. The Bertz CT molecular complexity index is 1180. The molecule has 0 unspecified atom stereocenters. The number of benzene rings is 3. The molecule has 1 N–H and O–H groups in total. The van der Waals surface area contributed by atoms with Crippen molar-refractivity contribution in [3.8, 4) is 0 Å². The number of carbonyl (C=O) groups is 2. The predicted octanol–water partition coefficient (Wildman–Crippen LogP) is 5.82. The number of nitrogens with zero attached hydrogens (tertiary/aromatic N) is 1. The monoisotopic (exact) mass is 410 g/mol. The highest BCUT2D eigenvalue weighted by Crippen LogP contribution is 2.34.